The molecule has 0 amide bonds. The molecule has 0 aromatic heterocycles. The Morgan fingerprint density at radius 3 is 2.39 bits per heavy atom. The van der Waals surface area contributed by atoms with Crippen LogP contribution in [0.25, 0.3) is 0 Å². The van der Waals surface area contributed by atoms with Crippen LogP contribution in [0.15, 0.2) is 18.2 Å². The summed E-state index contributed by atoms with van der Waals surface area (Å²) in [5.41, 5.74) is 0.830. The van der Waals surface area contributed by atoms with Crippen molar-refractivity contribution in [3.8, 4) is 5.75 Å². The summed E-state index contributed by atoms with van der Waals surface area (Å²) in [4.78, 5) is 4.67. The number of phenolic OH excluding ortho intramolecular Hbond substituents is 1. The molecular formula is C14H21FN2O. The molecule has 0 saturated carbocycles. The predicted molar refractivity (Wildman–Crippen MR) is 70.0 cm³/mol. The number of piperazine rings is 1. The van der Waals surface area contributed by atoms with Crippen LogP contribution in [0.2, 0.25) is 0 Å². The largest absolute Gasteiger partial charge is 0.508 e. The van der Waals surface area contributed by atoms with Crippen LogP contribution in [0.1, 0.15) is 19.4 Å². The van der Waals surface area contributed by atoms with Gasteiger partial charge in [0.15, 0.2) is 0 Å². The molecule has 18 heavy (non-hydrogen) atoms. The van der Waals surface area contributed by atoms with Gasteiger partial charge < -0.3 is 5.11 Å². The predicted octanol–water partition coefficient (Wildman–Crippen LogP) is 2.06. The van der Waals surface area contributed by atoms with Gasteiger partial charge in [0.1, 0.15) is 11.6 Å². The molecule has 0 bridgehead atoms. The Morgan fingerprint density at radius 2 is 1.83 bits per heavy atom. The number of benzene rings is 1. The number of rotatable bonds is 2. The van der Waals surface area contributed by atoms with E-state index in [-0.39, 0.29) is 11.6 Å². The highest BCUT2D eigenvalue weighted by Gasteiger charge is 2.26. The SMILES string of the molecule is CC1CN(Cc2cc(O)cc(F)c2)CC(C)N1C. The number of hydrogen-bond acceptors (Lipinski definition) is 3. The maximum absolute atomic E-state index is 13.2. The third-order valence-electron chi connectivity index (χ3n) is 3.78. The number of likely N-dealkylation sites (N-methyl/N-ethyl adjacent to an activating group) is 1. The lowest BCUT2D eigenvalue weighted by Crippen LogP contribution is -2.54. The van der Waals surface area contributed by atoms with Gasteiger partial charge in [0, 0.05) is 37.8 Å². The second-order valence-electron chi connectivity index (χ2n) is 5.38. The molecule has 0 spiro atoms. The van der Waals surface area contributed by atoms with Gasteiger partial charge in [-0.05, 0) is 38.6 Å². The Bertz CT molecular complexity index is 392. The van der Waals surface area contributed by atoms with Gasteiger partial charge in [0.05, 0.1) is 0 Å². The maximum atomic E-state index is 13.2. The minimum absolute atomic E-state index is 0.000208. The number of phenols is 1. The summed E-state index contributed by atoms with van der Waals surface area (Å²) in [6.07, 6.45) is 0. The first-order chi connectivity index (χ1) is 8.45. The quantitative estimate of drug-likeness (QED) is 0.872. The van der Waals surface area contributed by atoms with Gasteiger partial charge in [0.25, 0.3) is 0 Å². The summed E-state index contributed by atoms with van der Waals surface area (Å²) >= 11 is 0. The van der Waals surface area contributed by atoms with Crippen molar-refractivity contribution in [1.29, 1.82) is 0 Å². The molecule has 100 valence electrons. The smallest absolute Gasteiger partial charge is 0.127 e. The minimum Gasteiger partial charge on any atom is -0.508 e. The Labute approximate surface area is 108 Å². The zero-order valence-corrected chi connectivity index (χ0v) is 11.2. The monoisotopic (exact) mass is 252 g/mol. The average Bonchev–Trinajstić information content (AvgIpc) is 2.24. The van der Waals surface area contributed by atoms with Crippen molar-refractivity contribution < 1.29 is 9.50 Å². The van der Waals surface area contributed by atoms with Crippen molar-refractivity contribution in [3.05, 3.63) is 29.6 Å². The molecule has 0 radical (unpaired) electrons. The molecule has 1 aromatic rings. The molecule has 0 aliphatic carbocycles. The zero-order valence-electron chi connectivity index (χ0n) is 11.2. The van der Waals surface area contributed by atoms with Gasteiger partial charge in [-0.2, -0.15) is 0 Å². The van der Waals surface area contributed by atoms with Crippen LogP contribution < -0.4 is 0 Å². The van der Waals surface area contributed by atoms with E-state index in [9.17, 15) is 9.50 Å². The summed E-state index contributed by atoms with van der Waals surface area (Å²) in [5.74, 6) is -0.375. The molecular weight excluding hydrogens is 231 g/mol. The van der Waals surface area contributed by atoms with Crippen molar-refractivity contribution in [2.24, 2.45) is 0 Å². The van der Waals surface area contributed by atoms with Crippen LogP contribution >= 0.6 is 0 Å². The molecule has 1 fully saturated rings. The summed E-state index contributed by atoms with van der Waals surface area (Å²) in [6, 6.07) is 5.26. The van der Waals surface area contributed by atoms with Crippen LogP contribution in [0, 0.1) is 5.82 Å². The summed E-state index contributed by atoms with van der Waals surface area (Å²) in [7, 11) is 2.14. The third-order valence-corrected chi connectivity index (χ3v) is 3.78. The second-order valence-corrected chi connectivity index (χ2v) is 5.38. The van der Waals surface area contributed by atoms with E-state index in [1.807, 2.05) is 0 Å². The van der Waals surface area contributed by atoms with Gasteiger partial charge in [-0.1, -0.05) is 0 Å². The molecule has 1 heterocycles. The second kappa shape index (κ2) is 5.24. The van der Waals surface area contributed by atoms with E-state index >= 15 is 0 Å². The van der Waals surface area contributed by atoms with Crippen molar-refractivity contribution in [1.82, 2.24) is 9.80 Å². The van der Waals surface area contributed by atoms with E-state index in [1.54, 1.807) is 6.07 Å². The Hall–Kier alpha value is -1.13. The van der Waals surface area contributed by atoms with Crippen LogP contribution in [-0.4, -0.2) is 47.1 Å². The number of nitrogens with zero attached hydrogens (tertiary/aromatic N) is 2. The first kappa shape index (κ1) is 13.3. The molecule has 1 saturated heterocycles. The fourth-order valence-electron chi connectivity index (χ4n) is 2.63. The lowest BCUT2D eigenvalue weighted by atomic mass is 10.1. The maximum Gasteiger partial charge on any atom is 0.127 e. The first-order valence-electron chi connectivity index (χ1n) is 6.38. The number of hydrogen-bond donors (Lipinski definition) is 1. The summed E-state index contributed by atoms with van der Waals surface area (Å²) < 4.78 is 13.2. The van der Waals surface area contributed by atoms with E-state index < -0.39 is 0 Å². The molecule has 1 aliphatic heterocycles. The topological polar surface area (TPSA) is 26.7 Å². The van der Waals surface area contributed by atoms with E-state index in [2.05, 4.69) is 30.7 Å². The molecule has 3 nitrogen and oxygen atoms in total. The fraction of sp³-hybridized carbons (Fsp3) is 0.571. The molecule has 1 aliphatic rings. The minimum atomic E-state index is -0.375. The van der Waals surface area contributed by atoms with E-state index in [0.29, 0.717) is 18.6 Å². The Kier molecular flexibility index (Phi) is 3.88. The molecule has 4 heteroatoms. The molecule has 1 aromatic carbocycles. The Balaban J connectivity index is 2.05. The number of halogens is 1. The van der Waals surface area contributed by atoms with E-state index in [4.69, 9.17) is 0 Å². The first-order valence-corrected chi connectivity index (χ1v) is 6.38. The van der Waals surface area contributed by atoms with Gasteiger partial charge in [-0.15, -0.1) is 0 Å². The summed E-state index contributed by atoms with van der Waals surface area (Å²) in [5, 5.41) is 9.40. The van der Waals surface area contributed by atoms with Gasteiger partial charge in [0.2, 0.25) is 0 Å². The van der Waals surface area contributed by atoms with E-state index in [0.717, 1.165) is 24.7 Å². The van der Waals surface area contributed by atoms with Gasteiger partial charge in [-0.3, -0.25) is 9.80 Å². The molecule has 2 atom stereocenters. The summed E-state index contributed by atoms with van der Waals surface area (Å²) in [6.45, 7) is 7.03. The van der Waals surface area contributed by atoms with Crippen molar-refractivity contribution in [2.75, 3.05) is 20.1 Å². The highest BCUT2D eigenvalue weighted by atomic mass is 19.1. The van der Waals surface area contributed by atoms with Crippen molar-refractivity contribution >= 4 is 0 Å². The van der Waals surface area contributed by atoms with Gasteiger partial charge in [-0.25, -0.2) is 4.39 Å². The Morgan fingerprint density at radius 1 is 1.22 bits per heavy atom. The average molecular weight is 252 g/mol. The normalized spacial score (nSPS) is 26.4. The van der Waals surface area contributed by atoms with E-state index in [1.165, 1.54) is 6.07 Å². The molecule has 2 rings (SSSR count). The lowest BCUT2D eigenvalue weighted by molar-refractivity contribution is 0.0555. The fourth-order valence-corrected chi connectivity index (χ4v) is 2.63. The van der Waals surface area contributed by atoms with Crippen LogP contribution in [0.5, 0.6) is 5.75 Å². The third kappa shape index (κ3) is 3.00. The molecule has 2 unspecified atom stereocenters. The van der Waals surface area contributed by atoms with Crippen LogP contribution in [0.4, 0.5) is 4.39 Å². The zero-order chi connectivity index (χ0) is 13.3. The van der Waals surface area contributed by atoms with Crippen molar-refractivity contribution in [3.63, 3.8) is 0 Å². The van der Waals surface area contributed by atoms with Crippen molar-refractivity contribution in [2.45, 2.75) is 32.5 Å². The van der Waals surface area contributed by atoms with Gasteiger partial charge >= 0.3 is 0 Å². The number of aromatic hydroxyl groups is 1. The highest BCUT2D eigenvalue weighted by molar-refractivity contribution is 5.28. The molecule has 1 N–H and O–H groups in total. The van der Waals surface area contributed by atoms with Crippen LogP contribution in [-0.2, 0) is 6.54 Å². The highest BCUT2D eigenvalue weighted by Crippen LogP contribution is 2.19. The lowest BCUT2D eigenvalue weighted by Gasteiger charge is -2.42. The van der Waals surface area contributed by atoms with Crippen LogP contribution in [0.3, 0.4) is 0 Å². The standard InChI is InChI=1S/C14H21FN2O/c1-10-7-17(8-11(2)16(10)3)9-12-4-13(15)6-14(18)5-12/h4-6,10-11,18H,7-9H2,1-3H3.